The second-order valence-electron chi connectivity index (χ2n) is 8.40. The van der Waals surface area contributed by atoms with Crippen LogP contribution in [0, 0.1) is 6.92 Å². The van der Waals surface area contributed by atoms with Crippen LogP contribution in [0.15, 0.2) is 42.6 Å². The van der Waals surface area contributed by atoms with Crippen molar-refractivity contribution in [3.63, 3.8) is 0 Å². The van der Waals surface area contributed by atoms with E-state index < -0.39 is 0 Å². The first kappa shape index (κ1) is 19.6. The number of hydrogen-bond donors (Lipinski definition) is 0. The second kappa shape index (κ2) is 8.36. The molecule has 0 bridgehead atoms. The van der Waals surface area contributed by atoms with Gasteiger partial charge in [0.1, 0.15) is 0 Å². The summed E-state index contributed by atoms with van der Waals surface area (Å²) < 4.78 is 1.91. The molecule has 2 aromatic heterocycles. The lowest BCUT2D eigenvalue weighted by atomic mass is 10.1. The molecule has 1 amide bonds. The molecule has 0 atom stereocenters. The summed E-state index contributed by atoms with van der Waals surface area (Å²) in [6.45, 7) is 6.87. The Morgan fingerprint density at radius 3 is 2.62 bits per heavy atom. The molecule has 0 spiro atoms. The highest BCUT2D eigenvalue weighted by atomic mass is 16.2. The van der Waals surface area contributed by atoms with Crippen LogP contribution in [0.1, 0.15) is 67.2 Å². The van der Waals surface area contributed by atoms with E-state index in [2.05, 4.69) is 53.1 Å². The minimum Gasteiger partial charge on any atom is -0.335 e. The van der Waals surface area contributed by atoms with Crippen LogP contribution in [0.4, 0.5) is 0 Å². The fourth-order valence-corrected chi connectivity index (χ4v) is 4.41. The molecule has 5 nitrogen and oxygen atoms in total. The van der Waals surface area contributed by atoms with Gasteiger partial charge < -0.3 is 4.90 Å². The largest absolute Gasteiger partial charge is 0.335 e. The van der Waals surface area contributed by atoms with Crippen molar-refractivity contribution in [2.75, 3.05) is 6.54 Å². The first-order valence-corrected chi connectivity index (χ1v) is 10.7. The monoisotopic (exact) mass is 390 g/mol. The molecule has 1 saturated carbocycles. The molecular weight excluding hydrogens is 360 g/mol. The minimum atomic E-state index is 0.117. The van der Waals surface area contributed by atoms with E-state index in [4.69, 9.17) is 0 Å². The molecular formula is C24H30N4O. The first-order valence-electron chi connectivity index (χ1n) is 10.7. The van der Waals surface area contributed by atoms with Crippen LogP contribution in [-0.2, 0) is 6.42 Å². The highest BCUT2D eigenvalue weighted by molar-refractivity contribution is 6.05. The zero-order valence-corrected chi connectivity index (χ0v) is 17.6. The number of benzene rings is 1. The van der Waals surface area contributed by atoms with E-state index in [0.29, 0.717) is 6.04 Å². The van der Waals surface area contributed by atoms with Gasteiger partial charge in [0, 0.05) is 24.3 Å². The fourth-order valence-electron chi connectivity index (χ4n) is 4.41. The van der Waals surface area contributed by atoms with Gasteiger partial charge in [-0.25, -0.2) is 9.67 Å². The van der Waals surface area contributed by atoms with Crippen LogP contribution >= 0.6 is 0 Å². The predicted octanol–water partition coefficient (Wildman–Crippen LogP) is 4.95. The SMILES string of the molecule is Cc1cc(C(=O)N(CCc2ccccc2)C2CCCC2)c2cnn(C(C)C)c2n1. The highest BCUT2D eigenvalue weighted by Crippen LogP contribution is 2.28. The van der Waals surface area contributed by atoms with Crippen LogP contribution in [0.2, 0.25) is 0 Å². The zero-order chi connectivity index (χ0) is 20.4. The number of rotatable bonds is 6. The molecule has 0 N–H and O–H groups in total. The summed E-state index contributed by atoms with van der Waals surface area (Å²) in [4.78, 5) is 20.6. The van der Waals surface area contributed by atoms with Crippen molar-refractivity contribution < 1.29 is 4.79 Å². The maximum Gasteiger partial charge on any atom is 0.254 e. The zero-order valence-electron chi connectivity index (χ0n) is 17.6. The van der Waals surface area contributed by atoms with Crippen molar-refractivity contribution in [3.05, 3.63) is 59.4 Å². The molecule has 152 valence electrons. The van der Waals surface area contributed by atoms with Gasteiger partial charge in [-0.15, -0.1) is 0 Å². The van der Waals surface area contributed by atoms with Crippen LogP contribution in [0.3, 0.4) is 0 Å². The Morgan fingerprint density at radius 1 is 1.21 bits per heavy atom. The maximum absolute atomic E-state index is 13.8. The van der Waals surface area contributed by atoms with E-state index in [9.17, 15) is 4.79 Å². The number of carbonyl (C=O) groups excluding carboxylic acids is 1. The second-order valence-corrected chi connectivity index (χ2v) is 8.40. The van der Waals surface area contributed by atoms with Gasteiger partial charge in [0.25, 0.3) is 5.91 Å². The van der Waals surface area contributed by atoms with Crippen LogP contribution < -0.4 is 0 Å². The number of aryl methyl sites for hydroxylation is 1. The van der Waals surface area contributed by atoms with Crippen molar-refractivity contribution in [2.24, 2.45) is 0 Å². The molecule has 1 aromatic carbocycles. The summed E-state index contributed by atoms with van der Waals surface area (Å²) in [5.74, 6) is 0.117. The number of nitrogens with zero attached hydrogens (tertiary/aromatic N) is 4. The smallest absolute Gasteiger partial charge is 0.254 e. The Kier molecular flexibility index (Phi) is 5.65. The van der Waals surface area contributed by atoms with E-state index in [1.807, 2.05) is 23.7 Å². The highest BCUT2D eigenvalue weighted by Gasteiger charge is 2.29. The molecule has 2 heterocycles. The maximum atomic E-state index is 13.8. The van der Waals surface area contributed by atoms with Gasteiger partial charge in [0.15, 0.2) is 5.65 Å². The predicted molar refractivity (Wildman–Crippen MR) is 116 cm³/mol. The van der Waals surface area contributed by atoms with Crippen molar-refractivity contribution in [2.45, 2.75) is 65.0 Å². The van der Waals surface area contributed by atoms with E-state index in [1.54, 1.807) is 6.20 Å². The van der Waals surface area contributed by atoms with Gasteiger partial charge in [-0.2, -0.15) is 5.10 Å². The Bertz CT molecular complexity index is 987. The molecule has 3 aromatic rings. The fraction of sp³-hybridized carbons (Fsp3) is 0.458. The lowest BCUT2D eigenvalue weighted by Crippen LogP contribution is -2.40. The number of amides is 1. The average molecular weight is 391 g/mol. The average Bonchev–Trinajstić information content (AvgIpc) is 3.38. The molecule has 29 heavy (non-hydrogen) atoms. The number of carbonyl (C=O) groups is 1. The third-order valence-electron chi connectivity index (χ3n) is 5.92. The van der Waals surface area contributed by atoms with Gasteiger partial charge in [0.2, 0.25) is 0 Å². The quantitative estimate of drug-likeness (QED) is 0.598. The van der Waals surface area contributed by atoms with Crippen molar-refractivity contribution in [1.82, 2.24) is 19.7 Å². The van der Waals surface area contributed by atoms with Gasteiger partial charge in [0.05, 0.1) is 17.1 Å². The molecule has 1 aliphatic rings. The number of hydrogen-bond acceptors (Lipinski definition) is 3. The summed E-state index contributed by atoms with van der Waals surface area (Å²) in [6.07, 6.45) is 7.28. The first-order chi connectivity index (χ1) is 14.0. The summed E-state index contributed by atoms with van der Waals surface area (Å²) in [7, 11) is 0. The molecule has 5 heteroatoms. The van der Waals surface area contributed by atoms with E-state index >= 15 is 0 Å². The molecule has 0 radical (unpaired) electrons. The number of aromatic nitrogens is 3. The Labute approximate surface area is 172 Å². The van der Waals surface area contributed by atoms with Crippen LogP contribution in [0.5, 0.6) is 0 Å². The van der Waals surface area contributed by atoms with Gasteiger partial charge in [-0.1, -0.05) is 43.2 Å². The Hall–Kier alpha value is -2.69. The third-order valence-corrected chi connectivity index (χ3v) is 5.92. The molecule has 0 saturated heterocycles. The topological polar surface area (TPSA) is 51.0 Å². The Balaban J connectivity index is 1.68. The van der Waals surface area contributed by atoms with Gasteiger partial charge >= 0.3 is 0 Å². The van der Waals surface area contributed by atoms with Crippen molar-refractivity contribution in [1.29, 1.82) is 0 Å². The summed E-state index contributed by atoms with van der Waals surface area (Å²) in [5, 5.41) is 5.37. The molecule has 0 aliphatic heterocycles. The summed E-state index contributed by atoms with van der Waals surface area (Å²) in [6, 6.07) is 12.9. The van der Waals surface area contributed by atoms with Gasteiger partial charge in [-0.05, 0) is 51.7 Å². The van der Waals surface area contributed by atoms with Crippen LogP contribution in [-0.4, -0.2) is 38.2 Å². The minimum absolute atomic E-state index is 0.117. The van der Waals surface area contributed by atoms with E-state index in [-0.39, 0.29) is 11.9 Å². The van der Waals surface area contributed by atoms with Crippen molar-refractivity contribution >= 4 is 16.9 Å². The molecule has 4 rings (SSSR count). The summed E-state index contributed by atoms with van der Waals surface area (Å²) >= 11 is 0. The van der Waals surface area contributed by atoms with E-state index in [0.717, 1.165) is 48.1 Å². The van der Waals surface area contributed by atoms with Crippen molar-refractivity contribution in [3.8, 4) is 0 Å². The normalized spacial score (nSPS) is 14.8. The number of fused-ring (bicyclic) bond motifs is 1. The lowest BCUT2D eigenvalue weighted by molar-refractivity contribution is 0.0686. The van der Waals surface area contributed by atoms with Gasteiger partial charge in [-0.3, -0.25) is 4.79 Å². The Morgan fingerprint density at radius 2 is 1.93 bits per heavy atom. The molecule has 1 fully saturated rings. The molecule has 1 aliphatic carbocycles. The lowest BCUT2D eigenvalue weighted by Gasteiger charge is -2.29. The third kappa shape index (κ3) is 4.04. The van der Waals surface area contributed by atoms with E-state index in [1.165, 1.54) is 18.4 Å². The number of pyridine rings is 1. The standard InChI is InChI=1S/C24H30N4O/c1-17(2)28-23-22(16-25-28)21(15-18(3)26-23)24(29)27(20-11-7-8-12-20)14-13-19-9-5-4-6-10-19/h4-6,9-10,15-17,20H,7-8,11-14H2,1-3H3. The molecule has 0 unspecified atom stereocenters. The van der Waals surface area contributed by atoms with Crippen LogP contribution in [0.25, 0.3) is 11.0 Å². The summed E-state index contributed by atoms with van der Waals surface area (Å²) in [5.41, 5.74) is 3.67.